The topological polar surface area (TPSA) is 122 Å². The molecule has 10 heteroatoms. The van der Waals surface area contributed by atoms with Crippen LogP contribution in [0, 0.1) is 6.92 Å². The van der Waals surface area contributed by atoms with Crippen molar-refractivity contribution in [1.29, 1.82) is 0 Å². The Labute approximate surface area is 260 Å². The van der Waals surface area contributed by atoms with Crippen LogP contribution in [-0.2, 0) is 25.7 Å². The van der Waals surface area contributed by atoms with Gasteiger partial charge in [0.25, 0.3) is 0 Å². The van der Waals surface area contributed by atoms with Crippen LogP contribution in [-0.4, -0.2) is 42.1 Å². The quantitative estimate of drug-likeness (QED) is 0.120. The van der Waals surface area contributed by atoms with Crippen LogP contribution in [0.2, 0.25) is 5.02 Å². The van der Waals surface area contributed by atoms with Crippen LogP contribution in [0.4, 0.5) is 21.9 Å². The van der Waals surface area contributed by atoms with Gasteiger partial charge in [-0.1, -0.05) is 78.3 Å². The van der Waals surface area contributed by atoms with Crippen molar-refractivity contribution in [2.75, 3.05) is 23.4 Å². The van der Waals surface area contributed by atoms with E-state index in [0.717, 1.165) is 16.0 Å². The number of hydrogen-bond donors (Lipinski definition) is 2. The van der Waals surface area contributed by atoms with Gasteiger partial charge < -0.3 is 19.9 Å². The zero-order valence-electron chi connectivity index (χ0n) is 24.0. The van der Waals surface area contributed by atoms with Crippen molar-refractivity contribution in [2.24, 2.45) is 0 Å². The SMILES string of the molecule is Cc1ccccc1C(=O)c1ccc(Nc2ccccc2N(CCOC(=O)CCC(=O)OCc2ccccc2)C(=O)O)cc1Cl. The molecule has 0 aromatic heterocycles. The van der Waals surface area contributed by atoms with Gasteiger partial charge in [-0.3, -0.25) is 19.3 Å². The summed E-state index contributed by atoms with van der Waals surface area (Å²) in [7, 11) is 0. The van der Waals surface area contributed by atoms with E-state index in [1.165, 1.54) is 0 Å². The number of halogens is 1. The Morgan fingerprint density at radius 2 is 1.45 bits per heavy atom. The number of nitrogens with one attached hydrogen (secondary N) is 1. The second-order valence-corrected chi connectivity index (χ2v) is 10.2. The molecule has 0 saturated heterocycles. The zero-order valence-corrected chi connectivity index (χ0v) is 24.8. The van der Waals surface area contributed by atoms with Gasteiger partial charge in [0.2, 0.25) is 0 Å². The number of carboxylic acid groups (broad SMARTS) is 1. The van der Waals surface area contributed by atoms with Crippen molar-refractivity contribution < 1.29 is 33.8 Å². The van der Waals surface area contributed by atoms with Crippen LogP contribution in [0.15, 0.2) is 97.1 Å². The molecular formula is C34H31ClN2O7. The molecule has 4 aromatic rings. The molecule has 4 aromatic carbocycles. The number of benzene rings is 4. The van der Waals surface area contributed by atoms with E-state index >= 15 is 0 Å². The second-order valence-electron chi connectivity index (χ2n) is 9.78. The molecule has 9 nitrogen and oxygen atoms in total. The Morgan fingerprint density at radius 1 is 0.795 bits per heavy atom. The standard InChI is InChI=1S/C34H31ClN2O7/c1-23-9-5-6-12-26(23)33(40)27-16-15-25(21-28(27)35)36-29-13-7-8-14-30(29)37(34(41)42)19-20-43-31(38)17-18-32(39)44-22-24-10-3-2-4-11-24/h2-16,21,36H,17-20,22H2,1H3,(H,41,42). The molecule has 2 N–H and O–H groups in total. The molecule has 0 atom stereocenters. The minimum atomic E-state index is -1.25. The van der Waals surface area contributed by atoms with E-state index in [-0.39, 0.29) is 43.4 Å². The number of para-hydroxylation sites is 2. The van der Waals surface area contributed by atoms with Crippen molar-refractivity contribution in [3.8, 4) is 0 Å². The molecule has 0 spiro atoms. The first-order valence-electron chi connectivity index (χ1n) is 13.8. The Kier molecular flexibility index (Phi) is 11.1. The molecule has 0 aliphatic rings. The van der Waals surface area contributed by atoms with Gasteiger partial charge in [0.05, 0.1) is 35.8 Å². The molecule has 0 unspecified atom stereocenters. The van der Waals surface area contributed by atoms with Crippen LogP contribution in [0.25, 0.3) is 0 Å². The minimum Gasteiger partial charge on any atom is -0.465 e. The molecule has 0 bridgehead atoms. The van der Waals surface area contributed by atoms with Gasteiger partial charge in [0, 0.05) is 16.8 Å². The summed E-state index contributed by atoms with van der Waals surface area (Å²) in [5, 5.41) is 13.3. The Hall–Kier alpha value is -5.15. The van der Waals surface area contributed by atoms with E-state index in [2.05, 4.69) is 5.32 Å². The Bertz CT molecular complexity index is 1640. The Balaban J connectivity index is 1.34. The predicted octanol–water partition coefficient (Wildman–Crippen LogP) is 7.17. The summed E-state index contributed by atoms with van der Waals surface area (Å²) in [6, 6.07) is 28.0. The van der Waals surface area contributed by atoms with E-state index < -0.39 is 18.0 Å². The van der Waals surface area contributed by atoms with E-state index in [0.29, 0.717) is 28.2 Å². The normalized spacial score (nSPS) is 10.5. The van der Waals surface area contributed by atoms with Crippen LogP contribution in [0.5, 0.6) is 0 Å². The third-order valence-electron chi connectivity index (χ3n) is 6.66. The number of esters is 2. The molecule has 0 saturated carbocycles. The average Bonchev–Trinajstić information content (AvgIpc) is 3.02. The lowest BCUT2D eigenvalue weighted by Crippen LogP contribution is -2.33. The molecular weight excluding hydrogens is 584 g/mol. The molecule has 0 radical (unpaired) electrons. The first kappa shape index (κ1) is 31.8. The largest absolute Gasteiger partial charge is 0.465 e. The molecule has 0 aliphatic carbocycles. The molecule has 0 aliphatic heterocycles. The summed E-state index contributed by atoms with van der Waals surface area (Å²) < 4.78 is 10.3. The smallest absolute Gasteiger partial charge is 0.411 e. The maximum Gasteiger partial charge on any atom is 0.411 e. The van der Waals surface area contributed by atoms with Crippen LogP contribution in [0.1, 0.15) is 39.9 Å². The third-order valence-corrected chi connectivity index (χ3v) is 6.97. The highest BCUT2D eigenvalue weighted by Crippen LogP contribution is 2.31. The number of nitrogens with zero attached hydrogens (tertiary/aromatic N) is 1. The predicted molar refractivity (Wildman–Crippen MR) is 168 cm³/mol. The third kappa shape index (κ3) is 8.68. The summed E-state index contributed by atoms with van der Waals surface area (Å²) in [5.41, 5.74) is 3.89. The van der Waals surface area contributed by atoms with E-state index in [9.17, 15) is 24.3 Å². The van der Waals surface area contributed by atoms with E-state index in [4.69, 9.17) is 21.1 Å². The highest BCUT2D eigenvalue weighted by molar-refractivity contribution is 6.35. The fourth-order valence-electron chi connectivity index (χ4n) is 4.38. The fraction of sp³-hybridized carbons (Fsp3) is 0.176. The molecule has 0 fully saturated rings. The highest BCUT2D eigenvalue weighted by atomic mass is 35.5. The first-order valence-corrected chi connectivity index (χ1v) is 14.2. The van der Waals surface area contributed by atoms with E-state index in [1.54, 1.807) is 54.6 Å². The number of ether oxygens (including phenoxy) is 2. The monoisotopic (exact) mass is 614 g/mol. The number of hydrogen-bond acceptors (Lipinski definition) is 7. The molecule has 0 heterocycles. The van der Waals surface area contributed by atoms with Crippen LogP contribution < -0.4 is 10.2 Å². The maximum absolute atomic E-state index is 13.0. The number of rotatable bonds is 13. The summed E-state index contributed by atoms with van der Waals surface area (Å²) in [6.07, 6.45) is -1.60. The van der Waals surface area contributed by atoms with Crippen molar-refractivity contribution >= 4 is 52.5 Å². The van der Waals surface area contributed by atoms with E-state index in [1.807, 2.05) is 49.4 Å². The minimum absolute atomic E-state index is 0.109. The van der Waals surface area contributed by atoms with Gasteiger partial charge >= 0.3 is 18.0 Å². The zero-order chi connectivity index (χ0) is 31.5. The number of ketones is 1. The van der Waals surface area contributed by atoms with Gasteiger partial charge in [0.15, 0.2) is 5.78 Å². The number of amides is 1. The summed E-state index contributed by atoms with van der Waals surface area (Å²) >= 11 is 6.49. The lowest BCUT2D eigenvalue weighted by molar-refractivity contribution is -0.150. The van der Waals surface area contributed by atoms with Gasteiger partial charge in [-0.05, 0) is 48.4 Å². The summed E-state index contributed by atoms with van der Waals surface area (Å²) in [6.45, 7) is 1.59. The molecule has 44 heavy (non-hydrogen) atoms. The number of anilines is 3. The van der Waals surface area contributed by atoms with Crippen molar-refractivity contribution in [1.82, 2.24) is 0 Å². The average molecular weight is 615 g/mol. The van der Waals surface area contributed by atoms with Gasteiger partial charge in [0.1, 0.15) is 13.2 Å². The van der Waals surface area contributed by atoms with Gasteiger partial charge in [-0.15, -0.1) is 0 Å². The van der Waals surface area contributed by atoms with Crippen LogP contribution in [0.3, 0.4) is 0 Å². The number of aryl methyl sites for hydroxylation is 1. The molecule has 4 rings (SSSR count). The van der Waals surface area contributed by atoms with Gasteiger partial charge in [-0.25, -0.2) is 4.79 Å². The maximum atomic E-state index is 13.0. The number of carbonyl (C=O) groups excluding carboxylic acids is 3. The summed E-state index contributed by atoms with van der Waals surface area (Å²) in [5.74, 6) is -1.38. The van der Waals surface area contributed by atoms with Gasteiger partial charge in [-0.2, -0.15) is 0 Å². The first-order chi connectivity index (χ1) is 21.2. The van der Waals surface area contributed by atoms with Crippen molar-refractivity contribution in [3.63, 3.8) is 0 Å². The summed E-state index contributed by atoms with van der Waals surface area (Å²) in [4.78, 5) is 50.4. The van der Waals surface area contributed by atoms with Crippen LogP contribution >= 0.6 is 11.6 Å². The number of carbonyl (C=O) groups is 4. The molecule has 226 valence electrons. The highest BCUT2D eigenvalue weighted by Gasteiger charge is 2.20. The lowest BCUT2D eigenvalue weighted by Gasteiger charge is -2.23. The second kappa shape index (κ2) is 15.4. The Morgan fingerprint density at radius 3 is 2.16 bits per heavy atom. The molecule has 1 amide bonds. The van der Waals surface area contributed by atoms with Crippen molar-refractivity contribution in [3.05, 3.63) is 124 Å². The lowest BCUT2D eigenvalue weighted by atomic mass is 9.99. The fourth-order valence-corrected chi connectivity index (χ4v) is 4.64. The van der Waals surface area contributed by atoms with Crippen molar-refractivity contribution in [2.45, 2.75) is 26.4 Å².